The molecule has 126 valence electrons. The average Bonchev–Trinajstić information content (AvgIpc) is 2.89. The van der Waals surface area contributed by atoms with E-state index in [0.717, 1.165) is 19.3 Å². The van der Waals surface area contributed by atoms with Gasteiger partial charge in [0.15, 0.2) is 0 Å². The van der Waals surface area contributed by atoms with Crippen molar-refractivity contribution in [3.63, 3.8) is 0 Å². The molecule has 0 bridgehead atoms. The normalized spacial score (nSPS) is 16.5. The summed E-state index contributed by atoms with van der Waals surface area (Å²) in [6, 6.07) is 2.76. The van der Waals surface area contributed by atoms with Crippen molar-refractivity contribution in [1.82, 2.24) is 4.57 Å². The number of rotatable bonds is 7. The minimum Gasteiger partial charge on any atom is -0.382 e. The molecule has 2 rings (SSSR count). The van der Waals surface area contributed by atoms with Crippen molar-refractivity contribution >= 4 is 28.8 Å². The Hall–Kier alpha value is -2.29. The molecule has 0 saturated heterocycles. The molecule has 1 aliphatic carbocycles. The Kier molecular flexibility index (Phi) is 6.02. The Morgan fingerprint density at radius 1 is 1.62 bits per heavy atom. The number of aliphatic hydroxyl groups is 1. The summed E-state index contributed by atoms with van der Waals surface area (Å²) in [7, 11) is 1.59. The Bertz CT molecular complexity index is 735. The molecule has 6 heteroatoms. The number of nitrogens with zero attached hydrogens (tertiary/aromatic N) is 3. The molecule has 1 aromatic heterocycles. The van der Waals surface area contributed by atoms with E-state index in [1.165, 1.54) is 12.3 Å². The predicted molar refractivity (Wildman–Crippen MR) is 101 cm³/mol. The van der Waals surface area contributed by atoms with Gasteiger partial charge in [0.25, 0.3) is 0 Å². The van der Waals surface area contributed by atoms with Gasteiger partial charge in [-0.15, -0.1) is 0 Å². The van der Waals surface area contributed by atoms with E-state index in [2.05, 4.69) is 34.5 Å². The van der Waals surface area contributed by atoms with Crippen LogP contribution in [0.3, 0.4) is 0 Å². The molecule has 1 atom stereocenters. The van der Waals surface area contributed by atoms with Crippen LogP contribution in [0.4, 0.5) is 5.82 Å². The maximum atomic E-state index is 10.7. The first-order chi connectivity index (χ1) is 11.5. The summed E-state index contributed by atoms with van der Waals surface area (Å²) in [5.74, 6) is 0.660. The lowest BCUT2D eigenvalue weighted by atomic mass is 9.93. The molecule has 0 aromatic carbocycles. The van der Waals surface area contributed by atoms with Crippen molar-refractivity contribution in [3.8, 4) is 12.5 Å². The van der Waals surface area contributed by atoms with Gasteiger partial charge in [-0.05, 0) is 19.3 Å². The number of nitrogens with one attached hydrogen (secondary N) is 1. The van der Waals surface area contributed by atoms with Crippen LogP contribution in [0.25, 0.3) is 0 Å². The van der Waals surface area contributed by atoms with Gasteiger partial charge in [-0.25, -0.2) is 0 Å². The predicted octanol–water partition coefficient (Wildman–Crippen LogP) is 3.63. The molecule has 0 radical (unpaired) electrons. The van der Waals surface area contributed by atoms with Gasteiger partial charge in [-0.1, -0.05) is 37.3 Å². The highest BCUT2D eigenvalue weighted by atomic mass is 35.5. The number of aromatic nitrogens is 1. The molecule has 1 heterocycles. The van der Waals surface area contributed by atoms with Crippen molar-refractivity contribution in [2.75, 3.05) is 12.4 Å². The second-order valence-electron chi connectivity index (χ2n) is 5.49. The molecule has 1 fully saturated rings. The van der Waals surface area contributed by atoms with Crippen molar-refractivity contribution in [2.45, 2.75) is 31.4 Å². The fourth-order valence-corrected chi connectivity index (χ4v) is 2.83. The Balaban J connectivity index is 2.56. The van der Waals surface area contributed by atoms with Gasteiger partial charge in [-0.3, -0.25) is 9.98 Å². The molecule has 0 amide bonds. The van der Waals surface area contributed by atoms with Crippen LogP contribution in [-0.2, 0) is 0 Å². The van der Waals surface area contributed by atoms with Crippen molar-refractivity contribution in [2.24, 2.45) is 9.98 Å². The van der Waals surface area contributed by atoms with Gasteiger partial charge < -0.3 is 15.0 Å². The first kappa shape index (κ1) is 18.1. The van der Waals surface area contributed by atoms with Gasteiger partial charge in [0.1, 0.15) is 17.1 Å². The van der Waals surface area contributed by atoms with Crippen molar-refractivity contribution in [3.05, 3.63) is 42.3 Å². The molecular weight excluding hydrogens is 324 g/mol. The number of hydrogen-bond acceptors (Lipinski definition) is 4. The lowest BCUT2D eigenvalue weighted by molar-refractivity contribution is 0.214. The maximum Gasteiger partial charge on any atom is 0.134 e. The third-order valence-corrected chi connectivity index (χ3v) is 4.44. The second kappa shape index (κ2) is 8.00. The number of hydrogen-bond donors (Lipinski definition) is 2. The number of aliphatic hydroxyl groups excluding tert-OH is 1. The summed E-state index contributed by atoms with van der Waals surface area (Å²) in [5.41, 5.74) is 1.43. The summed E-state index contributed by atoms with van der Waals surface area (Å²) in [6.45, 7) is 7.37. The van der Waals surface area contributed by atoms with E-state index in [0.29, 0.717) is 23.0 Å². The van der Waals surface area contributed by atoms with Crippen LogP contribution in [0, 0.1) is 12.5 Å². The fraction of sp³-hybridized carbons (Fsp3) is 0.333. The van der Waals surface area contributed by atoms with Crippen LogP contribution in [0.5, 0.6) is 0 Å². The summed E-state index contributed by atoms with van der Waals surface area (Å²) in [4.78, 5) is 8.12. The summed E-state index contributed by atoms with van der Waals surface area (Å²) < 4.78 is 2.02. The zero-order valence-corrected chi connectivity index (χ0v) is 14.4. The summed E-state index contributed by atoms with van der Waals surface area (Å²) in [5, 5.41) is 13.8. The van der Waals surface area contributed by atoms with Crippen LogP contribution < -0.4 is 5.32 Å². The van der Waals surface area contributed by atoms with Crippen LogP contribution in [0.2, 0.25) is 0 Å². The minimum atomic E-state index is -1.02. The standard InChI is InChI=1S/C18H21ClN4O/c1-5-10-22-12(3)16(24)14-11-23(13-8-7-9-13)18(21-6-2)15(14)17(19)20-4/h2,5,10-11,13,16,21,24H,1,3,7-9H2,4H3. The molecule has 0 spiro atoms. The topological polar surface area (TPSA) is 61.9 Å². The highest BCUT2D eigenvalue weighted by molar-refractivity contribution is 6.70. The summed E-state index contributed by atoms with van der Waals surface area (Å²) >= 11 is 6.30. The third kappa shape index (κ3) is 3.45. The maximum absolute atomic E-state index is 10.7. The van der Waals surface area contributed by atoms with E-state index < -0.39 is 6.10 Å². The van der Waals surface area contributed by atoms with E-state index >= 15 is 0 Å². The smallest absolute Gasteiger partial charge is 0.134 e. The zero-order valence-electron chi connectivity index (χ0n) is 13.7. The molecule has 1 aliphatic rings. The van der Waals surface area contributed by atoms with E-state index in [4.69, 9.17) is 18.0 Å². The average molecular weight is 345 g/mol. The Labute approximate surface area is 147 Å². The van der Waals surface area contributed by atoms with Crippen molar-refractivity contribution in [1.29, 1.82) is 0 Å². The monoisotopic (exact) mass is 344 g/mol. The highest BCUT2D eigenvalue weighted by Gasteiger charge is 2.29. The van der Waals surface area contributed by atoms with Crippen LogP contribution >= 0.6 is 11.6 Å². The molecule has 2 N–H and O–H groups in total. The summed E-state index contributed by atoms with van der Waals surface area (Å²) in [6.07, 6.45) is 12.5. The lowest BCUT2D eigenvalue weighted by Crippen LogP contribution is -2.18. The number of allylic oxidation sites excluding steroid dienone is 1. The number of anilines is 1. The first-order valence-corrected chi connectivity index (χ1v) is 8.03. The Morgan fingerprint density at radius 3 is 2.83 bits per heavy atom. The molecule has 24 heavy (non-hydrogen) atoms. The van der Waals surface area contributed by atoms with Gasteiger partial charge in [-0.2, -0.15) is 0 Å². The van der Waals surface area contributed by atoms with Gasteiger partial charge in [0.2, 0.25) is 0 Å². The first-order valence-electron chi connectivity index (χ1n) is 7.66. The zero-order chi connectivity index (χ0) is 17.7. The van der Waals surface area contributed by atoms with Crippen LogP contribution in [-0.4, -0.2) is 28.1 Å². The molecule has 1 aromatic rings. The van der Waals surface area contributed by atoms with Crippen LogP contribution in [0.1, 0.15) is 42.5 Å². The molecular formula is C18H21ClN4O. The molecule has 0 aliphatic heterocycles. The third-order valence-electron chi connectivity index (χ3n) is 4.08. The Morgan fingerprint density at radius 2 is 2.33 bits per heavy atom. The number of halogens is 1. The SMILES string of the molecule is C#CNc1c(C(Cl)=NC)c(C(O)C(=C)N=CC=C)cn1C1CCC1. The van der Waals surface area contributed by atoms with E-state index in [1.807, 2.05) is 10.8 Å². The molecule has 1 saturated carbocycles. The molecule has 1 unspecified atom stereocenters. The quantitative estimate of drug-likeness (QED) is 0.450. The van der Waals surface area contributed by atoms with Gasteiger partial charge >= 0.3 is 0 Å². The number of terminal acetylenes is 1. The van der Waals surface area contributed by atoms with Crippen molar-refractivity contribution < 1.29 is 5.11 Å². The van der Waals surface area contributed by atoms with Gasteiger partial charge in [0.05, 0.1) is 11.3 Å². The highest BCUT2D eigenvalue weighted by Crippen LogP contribution is 2.40. The van der Waals surface area contributed by atoms with E-state index in [-0.39, 0.29) is 10.9 Å². The largest absolute Gasteiger partial charge is 0.382 e. The van der Waals surface area contributed by atoms with E-state index in [9.17, 15) is 5.11 Å². The van der Waals surface area contributed by atoms with Crippen LogP contribution in [0.15, 0.2) is 41.1 Å². The number of aliphatic imine (C=N–C) groups is 2. The van der Waals surface area contributed by atoms with E-state index in [1.54, 1.807) is 7.05 Å². The van der Waals surface area contributed by atoms with Gasteiger partial charge in [0, 0.05) is 37.1 Å². The molecule has 5 nitrogen and oxygen atoms in total. The fourth-order valence-electron chi connectivity index (χ4n) is 2.63. The lowest BCUT2D eigenvalue weighted by Gasteiger charge is -2.28. The minimum absolute atomic E-state index is 0.264. The second-order valence-corrected chi connectivity index (χ2v) is 5.85.